The number of aliphatic hydroxyl groups excluding tert-OH is 3. The Balaban J connectivity index is 2.39. The highest BCUT2D eigenvalue weighted by atomic mass is 32.2. The van der Waals surface area contributed by atoms with Gasteiger partial charge in [-0.15, -0.1) is 0 Å². The van der Waals surface area contributed by atoms with Gasteiger partial charge in [0, 0.05) is 12.8 Å². The van der Waals surface area contributed by atoms with Crippen LogP contribution in [0.25, 0.3) is 0 Å². The van der Waals surface area contributed by atoms with E-state index in [1.807, 2.05) is 54.7 Å². The van der Waals surface area contributed by atoms with Crippen molar-refractivity contribution in [3.8, 4) is 0 Å². The molecule has 64 heavy (non-hydrogen) atoms. The second-order valence-electron chi connectivity index (χ2n) is 16.1. The predicted molar refractivity (Wildman–Crippen MR) is 256 cm³/mol. The van der Waals surface area contributed by atoms with Gasteiger partial charge in [0.25, 0.3) is 10.1 Å². The highest BCUT2D eigenvalue weighted by Crippen LogP contribution is 2.24. The third kappa shape index (κ3) is 34.0. The van der Waals surface area contributed by atoms with Gasteiger partial charge in [0.05, 0.1) is 6.61 Å². The number of unbranched alkanes of at least 4 members (excludes halogenated alkanes) is 14. The summed E-state index contributed by atoms with van der Waals surface area (Å²) in [5.41, 5.74) is 0. The van der Waals surface area contributed by atoms with Crippen LogP contribution in [0.4, 0.5) is 0 Å². The van der Waals surface area contributed by atoms with E-state index in [2.05, 4.69) is 56.4 Å². The van der Waals surface area contributed by atoms with Gasteiger partial charge in [-0.05, 0) is 57.8 Å². The summed E-state index contributed by atoms with van der Waals surface area (Å²) in [6, 6.07) is 0. The fourth-order valence-electron chi connectivity index (χ4n) is 6.66. The van der Waals surface area contributed by atoms with Crippen molar-refractivity contribution in [1.82, 2.24) is 0 Å². The van der Waals surface area contributed by atoms with Gasteiger partial charge in [-0.1, -0.05) is 182 Å². The first kappa shape index (κ1) is 58.6. The van der Waals surface area contributed by atoms with Crippen molar-refractivity contribution in [2.45, 2.75) is 192 Å². The van der Waals surface area contributed by atoms with Crippen LogP contribution in [-0.4, -0.2) is 96.0 Å². The number of hydrogen-bond acceptors (Lipinski definition) is 11. The molecule has 0 saturated carbocycles. The minimum absolute atomic E-state index is 0.0629. The average molecular weight is 919 g/mol. The zero-order chi connectivity index (χ0) is 46.9. The van der Waals surface area contributed by atoms with Gasteiger partial charge in [0.1, 0.15) is 36.8 Å². The number of aliphatic hydroxyl groups is 3. The molecular formula is C51H82O12S. The van der Waals surface area contributed by atoms with Gasteiger partial charge in [0.15, 0.2) is 12.4 Å². The number of allylic oxidation sites excluding steroid dienone is 16. The monoisotopic (exact) mass is 919 g/mol. The Morgan fingerprint density at radius 3 is 1.61 bits per heavy atom. The molecule has 0 aromatic carbocycles. The predicted octanol–water partition coefficient (Wildman–Crippen LogP) is 10.2. The van der Waals surface area contributed by atoms with Gasteiger partial charge in [-0.3, -0.25) is 14.1 Å². The first-order valence-electron chi connectivity index (χ1n) is 23.9. The minimum Gasteiger partial charge on any atom is -0.462 e. The highest BCUT2D eigenvalue weighted by molar-refractivity contribution is 7.85. The molecule has 4 N–H and O–H groups in total. The molecule has 1 heterocycles. The van der Waals surface area contributed by atoms with Crippen LogP contribution in [-0.2, 0) is 38.7 Å². The van der Waals surface area contributed by atoms with E-state index in [0.29, 0.717) is 19.3 Å². The van der Waals surface area contributed by atoms with Crippen LogP contribution in [0, 0.1) is 0 Å². The summed E-state index contributed by atoms with van der Waals surface area (Å²) in [5, 5.41) is 30.9. The van der Waals surface area contributed by atoms with Crippen LogP contribution < -0.4 is 0 Å². The molecule has 1 saturated heterocycles. The van der Waals surface area contributed by atoms with Crippen molar-refractivity contribution in [2.75, 3.05) is 19.0 Å². The Labute approximate surface area is 385 Å². The number of carbonyl (C=O) groups is 2. The van der Waals surface area contributed by atoms with Gasteiger partial charge < -0.3 is 34.3 Å². The number of carbonyl (C=O) groups excluding carboxylic acids is 2. The number of rotatable bonds is 38. The lowest BCUT2D eigenvalue weighted by Crippen LogP contribution is -2.60. The Kier molecular flexibility index (Phi) is 36.5. The zero-order valence-electron chi connectivity index (χ0n) is 38.8. The molecule has 1 aliphatic rings. The zero-order valence-corrected chi connectivity index (χ0v) is 39.7. The van der Waals surface area contributed by atoms with Crippen LogP contribution in [0.5, 0.6) is 0 Å². The quantitative estimate of drug-likeness (QED) is 0.0151. The minimum atomic E-state index is -4.62. The summed E-state index contributed by atoms with van der Waals surface area (Å²) in [4.78, 5) is 25.4. The number of hydrogen-bond donors (Lipinski definition) is 4. The molecule has 1 fully saturated rings. The molecule has 6 atom stereocenters. The van der Waals surface area contributed by atoms with E-state index >= 15 is 0 Å². The second kappa shape index (κ2) is 39.9. The maximum absolute atomic E-state index is 12.8. The lowest BCUT2D eigenvalue weighted by atomic mass is 10.00. The van der Waals surface area contributed by atoms with Crippen molar-refractivity contribution < 1.29 is 56.8 Å². The first-order valence-corrected chi connectivity index (χ1v) is 25.5. The molecule has 13 heteroatoms. The highest BCUT2D eigenvalue weighted by Gasteiger charge is 2.46. The molecule has 0 aromatic rings. The maximum atomic E-state index is 12.8. The largest absolute Gasteiger partial charge is 0.462 e. The Bertz CT molecular complexity index is 1540. The topological polar surface area (TPSA) is 186 Å². The van der Waals surface area contributed by atoms with Crippen molar-refractivity contribution in [1.29, 1.82) is 0 Å². The van der Waals surface area contributed by atoms with Crippen LogP contribution in [0.3, 0.4) is 0 Å². The molecular weight excluding hydrogens is 837 g/mol. The molecule has 0 amide bonds. The fraction of sp³-hybridized carbons (Fsp3) is 0.647. The van der Waals surface area contributed by atoms with Crippen molar-refractivity contribution >= 4 is 22.1 Å². The average Bonchev–Trinajstić information content (AvgIpc) is 3.26. The molecule has 0 radical (unpaired) electrons. The molecule has 0 aliphatic carbocycles. The molecule has 3 unspecified atom stereocenters. The van der Waals surface area contributed by atoms with E-state index in [1.165, 1.54) is 64.2 Å². The van der Waals surface area contributed by atoms with Crippen molar-refractivity contribution in [3.05, 3.63) is 97.2 Å². The van der Waals surface area contributed by atoms with Crippen LogP contribution in [0.15, 0.2) is 97.2 Å². The summed E-state index contributed by atoms with van der Waals surface area (Å²) in [5.74, 6) is -2.09. The van der Waals surface area contributed by atoms with E-state index in [1.54, 1.807) is 0 Å². The number of ether oxygens (including phenoxy) is 4. The van der Waals surface area contributed by atoms with Crippen molar-refractivity contribution in [2.24, 2.45) is 0 Å². The molecule has 1 rings (SSSR count). The van der Waals surface area contributed by atoms with Crippen LogP contribution in [0.2, 0.25) is 0 Å². The van der Waals surface area contributed by atoms with Gasteiger partial charge in [0.2, 0.25) is 0 Å². The molecule has 0 spiro atoms. The SMILES string of the molecule is CC/C=C/C=C/C=C/C=C/C=C/CCCC(=O)OC(COC(=O)CCCCCCCCCCCCCCC/C=C/C/C=C/C/C=C/CC)CO[C@H]1O[C@H](CS(=O)(=O)O)[C@@H](O)C(O)C1O. The molecule has 0 bridgehead atoms. The third-order valence-electron chi connectivity index (χ3n) is 10.3. The standard InChI is InChI=1S/C51H82O12S/c1-3-5-7-9-11-13-15-17-18-19-20-21-22-23-24-25-26-28-29-31-33-35-37-39-46(52)60-41-44(42-61-51-50(56)49(55)48(54)45(63-51)43-64(57,58)59)62-47(53)40-38-36-34-32-30-27-16-14-12-10-8-6-4-2/h5-8,10-14,16-18,27,30,32,34,44-45,48-51,54-56H,3-4,9,15,19-26,28-29,31,33,35-43H2,1-2H3,(H,57,58,59)/b7-5+,8-6+,12-10+,13-11+,16-14+,18-17+,30-27+,34-32+/t44?,45-,48-,49?,50?,51+/m1/s1. The fourth-order valence-corrected chi connectivity index (χ4v) is 7.35. The summed E-state index contributed by atoms with van der Waals surface area (Å²) in [6.45, 7) is 3.43. The Hall–Kier alpha value is -3.43. The Morgan fingerprint density at radius 2 is 1.03 bits per heavy atom. The van der Waals surface area contributed by atoms with E-state index in [4.69, 9.17) is 18.9 Å². The van der Waals surface area contributed by atoms with Crippen LogP contribution >= 0.6 is 0 Å². The third-order valence-corrected chi connectivity index (χ3v) is 11.0. The van der Waals surface area contributed by atoms with Crippen LogP contribution in [0.1, 0.15) is 155 Å². The van der Waals surface area contributed by atoms with Crippen molar-refractivity contribution in [3.63, 3.8) is 0 Å². The van der Waals surface area contributed by atoms with E-state index < -0.39 is 71.2 Å². The lowest BCUT2D eigenvalue weighted by Gasteiger charge is -2.40. The van der Waals surface area contributed by atoms with E-state index in [9.17, 15) is 37.9 Å². The first-order chi connectivity index (χ1) is 31.0. The van der Waals surface area contributed by atoms with Gasteiger partial charge in [-0.25, -0.2) is 0 Å². The molecule has 1 aliphatic heterocycles. The smallest absolute Gasteiger partial charge is 0.306 e. The van der Waals surface area contributed by atoms with Gasteiger partial charge >= 0.3 is 11.9 Å². The molecule has 12 nitrogen and oxygen atoms in total. The summed E-state index contributed by atoms with van der Waals surface area (Å²) >= 11 is 0. The number of esters is 2. The lowest BCUT2D eigenvalue weighted by molar-refractivity contribution is -0.297. The summed E-state index contributed by atoms with van der Waals surface area (Å²) in [7, 11) is -4.62. The Morgan fingerprint density at radius 1 is 0.547 bits per heavy atom. The summed E-state index contributed by atoms with van der Waals surface area (Å²) in [6.07, 6.45) is 44.7. The molecule has 0 aromatic heterocycles. The molecule has 364 valence electrons. The normalized spacial score (nSPS) is 20.5. The summed E-state index contributed by atoms with van der Waals surface area (Å²) < 4.78 is 54.0. The second-order valence-corrected chi connectivity index (χ2v) is 17.6. The van der Waals surface area contributed by atoms with Gasteiger partial charge in [-0.2, -0.15) is 8.42 Å². The van der Waals surface area contributed by atoms with E-state index in [-0.39, 0.29) is 19.4 Å². The van der Waals surface area contributed by atoms with E-state index in [0.717, 1.165) is 44.9 Å². The maximum Gasteiger partial charge on any atom is 0.306 e.